The molecule has 1 saturated carbocycles. The Morgan fingerprint density at radius 2 is 2.14 bits per heavy atom. The van der Waals surface area contributed by atoms with Crippen LogP contribution in [0.3, 0.4) is 0 Å². The van der Waals surface area contributed by atoms with Gasteiger partial charge in [0.25, 0.3) is 0 Å². The van der Waals surface area contributed by atoms with Crippen molar-refractivity contribution in [2.24, 2.45) is 5.92 Å². The van der Waals surface area contributed by atoms with Crippen molar-refractivity contribution in [1.29, 1.82) is 0 Å². The third-order valence-electron chi connectivity index (χ3n) is 4.17. The first-order chi connectivity index (χ1) is 10.7. The fraction of sp³-hybridized carbons (Fsp3) is 0.438. The fourth-order valence-corrected chi connectivity index (χ4v) is 3.18. The third kappa shape index (κ3) is 3.14. The zero-order chi connectivity index (χ0) is 15.5. The Morgan fingerprint density at radius 1 is 1.36 bits per heavy atom. The Bertz CT molecular complexity index is 684. The Labute approximate surface area is 134 Å². The average molecular weight is 320 g/mol. The van der Waals surface area contributed by atoms with E-state index in [2.05, 4.69) is 15.3 Å². The highest BCUT2D eigenvalue weighted by molar-refractivity contribution is 6.30. The van der Waals surface area contributed by atoms with E-state index in [1.54, 1.807) is 12.3 Å². The molecule has 1 N–H and O–H groups in total. The number of hydrogen-bond donors (Lipinski definition) is 1. The molecule has 1 aliphatic carbocycles. The SMILES string of the molecule is COC(=O)C1CCC(Nc2nc(Cl)cc3ncccc23)CC1. The molecular formula is C16H18ClN3O2. The van der Waals surface area contributed by atoms with Gasteiger partial charge < -0.3 is 10.1 Å². The lowest BCUT2D eigenvalue weighted by molar-refractivity contribution is -0.146. The van der Waals surface area contributed by atoms with Crippen molar-refractivity contribution in [3.8, 4) is 0 Å². The lowest BCUT2D eigenvalue weighted by atomic mass is 9.86. The first-order valence-corrected chi connectivity index (χ1v) is 7.81. The standard InChI is InChI=1S/C16H18ClN3O2/c1-22-16(21)10-4-6-11(7-5-10)19-15-12-3-2-8-18-13(12)9-14(17)20-15/h2-3,8-11H,4-7H2,1H3,(H,19,20). The number of anilines is 1. The molecule has 0 spiro atoms. The van der Waals surface area contributed by atoms with Gasteiger partial charge in [-0.25, -0.2) is 4.98 Å². The van der Waals surface area contributed by atoms with Crippen molar-refractivity contribution in [3.05, 3.63) is 29.5 Å². The van der Waals surface area contributed by atoms with Crippen LogP contribution in [0.4, 0.5) is 5.82 Å². The normalized spacial score (nSPS) is 21.5. The van der Waals surface area contributed by atoms with E-state index in [0.717, 1.165) is 42.4 Å². The van der Waals surface area contributed by atoms with Crippen LogP contribution in [-0.2, 0) is 9.53 Å². The number of fused-ring (bicyclic) bond motifs is 1. The highest BCUT2D eigenvalue weighted by atomic mass is 35.5. The Balaban J connectivity index is 1.73. The van der Waals surface area contributed by atoms with Crippen LogP contribution in [0.1, 0.15) is 25.7 Å². The summed E-state index contributed by atoms with van der Waals surface area (Å²) >= 11 is 6.07. The summed E-state index contributed by atoms with van der Waals surface area (Å²) in [6, 6.07) is 5.91. The molecule has 0 radical (unpaired) electrons. The molecule has 5 nitrogen and oxygen atoms in total. The highest BCUT2D eigenvalue weighted by Gasteiger charge is 2.27. The van der Waals surface area contributed by atoms with E-state index >= 15 is 0 Å². The van der Waals surface area contributed by atoms with Crippen molar-refractivity contribution in [1.82, 2.24) is 9.97 Å². The molecular weight excluding hydrogens is 302 g/mol. The second-order valence-corrected chi connectivity index (χ2v) is 5.97. The topological polar surface area (TPSA) is 64.1 Å². The number of methoxy groups -OCH3 is 1. The highest BCUT2D eigenvalue weighted by Crippen LogP contribution is 2.29. The molecule has 2 aromatic heterocycles. The van der Waals surface area contributed by atoms with Crippen molar-refractivity contribution in [2.45, 2.75) is 31.7 Å². The molecule has 1 aliphatic rings. The molecule has 116 valence electrons. The van der Waals surface area contributed by atoms with Crippen molar-refractivity contribution in [2.75, 3.05) is 12.4 Å². The number of ether oxygens (including phenoxy) is 1. The zero-order valence-corrected chi connectivity index (χ0v) is 13.1. The summed E-state index contributed by atoms with van der Waals surface area (Å²) in [4.78, 5) is 20.3. The number of rotatable bonds is 3. The van der Waals surface area contributed by atoms with Gasteiger partial charge in [-0.2, -0.15) is 0 Å². The van der Waals surface area contributed by atoms with Gasteiger partial charge in [-0.05, 0) is 37.8 Å². The second-order valence-electron chi connectivity index (χ2n) is 5.58. The van der Waals surface area contributed by atoms with Crippen LogP contribution < -0.4 is 5.32 Å². The van der Waals surface area contributed by atoms with Crippen LogP contribution in [-0.4, -0.2) is 29.1 Å². The minimum atomic E-state index is -0.103. The molecule has 0 unspecified atom stereocenters. The Kier molecular flexibility index (Phi) is 4.43. The first kappa shape index (κ1) is 15.0. The molecule has 0 aromatic carbocycles. The van der Waals surface area contributed by atoms with Gasteiger partial charge in [0.15, 0.2) is 0 Å². The molecule has 1 fully saturated rings. The average Bonchev–Trinajstić information content (AvgIpc) is 2.54. The summed E-state index contributed by atoms with van der Waals surface area (Å²) in [5.74, 6) is 0.680. The number of carbonyl (C=O) groups excluding carboxylic acids is 1. The number of hydrogen-bond acceptors (Lipinski definition) is 5. The van der Waals surface area contributed by atoms with E-state index < -0.39 is 0 Å². The van der Waals surface area contributed by atoms with Gasteiger partial charge >= 0.3 is 5.97 Å². The van der Waals surface area contributed by atoms with Gasteiger partial charge in [0.2, 0.25) is 0 Å². The number of carbonyl (C=O) groups is 1. The number of esters is 1. The molecule has 3 rings (SSSR count). The van der Waals surface area contributed by atoms with Gasteiger partial charge in [0.05, 0.1) is 18.5 Å². The summed E-state index contributed by atoms with van der Waals surface area (Å²) < 4.78 is 4.82. The molecule has 2 heterocycles. The molecule has 0 aliphatic heterocycles. The summed E-state index contributed by atoms with van der Waals surface area (Å²) in [5, 5.41) is 4.84. The largest absolute Gasteiger partial charge is 0.469 e. The second kappa shape index (κ2) is 6.48. The molecule has 0 saturated heterocycles. The third-order valence-corrected chi connectivity index (χ3v) is 4.36. The maximum absolute atomic E-state index is 11.6. The van der Waals surface area contributed by atoms with Crippen molar-refractivity contribution in [3.63, 3.8) is 0 Å². The number of nitrogens with one attached hydrogen (secondary N) is 1. The van der Waals surface area contributed by atoms with Crippen LogP contribution in [0.5, 0.6) is 0 Å². The molecule has 2 aromatic rings. The van der Waals surface area contributed by atoms with E-state index in [-0.39, 0.29) is 17.9 Å². The van der Waals surface area contributed by atoms with E-state index in [9.17, 15) is 4.79 Å². The summed E-state index contributed by atoms with van der Waals surface area (Å²) in [7, 11) is 1.45. The summed E-state index contributed by atoms with van der Waals surface area (Å²) in [5.41, 5.74) is 0.827. The molecule has 22 heavy (non-hydrogen) atoms. The van der Waals surface area contributed by atoms with Gasteiger partial charge in [-0.15, -0.1) is 0 Å². The number of halogens is 1. The summed E-state index contributed by atoms with van der Waals surface area (Å²) in [6.45, 7) is 0. The fourth-order valence-electron chi connectivity index (χ4n) is 2.99. The lowest BCUT2D eigenvalue weighted by Crippen LogP contribution is -2.30. The number of pyridine rings is 2. The number of nitrogens with zero attached hydrogens (tertiary/aromatic N) is 2. The van der Waals surface area contributed by atoms with E-state index in [1.807, 2.05) is 12.1 Å². The van der Waals surface area contributed by atoms with Gasteiger partial charge in [-0.1, -0.05) is 11.6 Å². The molecule has 0 amide bonds. The van der Waals surface area contributed by atoms with Crippen LogP contribution in [0.25, 0.3) is 10.9 Å². The zero-order valence-electron chi connectivity index (χ0n) is 12.4. The van der Waals surface area contributed by atoms with E-state index in [0.29, 0.717) is 5.15 Å². The molecule has 0 atom stereocenters. The van der Waals surface area contributed by atoms with Crippen LogP contribution >= 0.6 is 11.6 Å². The predicted molar refractivity (Wildman–Crippen MR) is 85.9 cm³/mol. The van der Waals surface area contributed by atoms with Crippen LogP contribution in [0.15, 0.2) is 24.4 Å². The maximum Gasteiger partial charge on any atom is 0.308 e. The Morgan fingerprint density at radius 3 is 2.86 bits per heavy atom. The monoisotopic (exact) mass is 319 g/mol. The lowest BCUT2D eigenvalue weighted by Gasteiger charge is -2.28. The van der Waals surface area contributed by atoms with E-state index in [4.69, 9.17) is 16.3 Å². The van der Waals surface area contributed by atoms with Crippen molar-refractivity contribution < 1.29 is 9.53 Å². The minimum Gasteiger partial charge on any atom is -0.469 e. The number of aromatic nitrogens is 2. The molecule has 6 heteroatoms. The quantitative estimate of drug-likeness (QED) is 0.693. The Hall–Kier alpha value is -1.88. The predicted octanol–water partition coefficient (Wildman–Crippen LogP) is 3.43. The van der Waals surface area contributed by atoms with Crippen LogP contribution in [0.2, 0.25) is 5.15 Å². The van der Waals surface area contributed by atoms with E-state index in [1.165, 1.54) is 7.11 Å². The van der Waals surface area contributed by atoms with Gasteiger partial charge in [-0.3, -0.25) is 9.78 Å². The first-order valence-electron chi connectivity index (χ1n) is 7.43. The molecule has 0 bridgehead atoms. The minimum absolute atomic E-state index is 0.0220. The van der Waals surface area contributed by atoms with Gasteiger partial charge in [0, 0.05) is 23.7 Å². The van der Waals surface area contributed by atoms with Gasteiger partial charge in [0.1, 0.15) is 11.0 Å². The summed E-state index contributed by atoms with van der Waals surface area (Å²) in [6.07, 6.45) is 5.23. The van der Waals surface area contributed by atoms with Crippen LogP contribution in [0, 0.1) is 5.92 Å². The van der Waals surface area contributed by atoms with Crippen molar-refractivity contribution >= 4 is 34.3 Å². The smallest absolute Gasteiger partial charge is 0.308 e. The maximum atomic E-state index is 11.6.